The number of benzene rings is 1. The summed E-state index contributed by atoms with van der Waals surface area (Å²) in [5.41, 5.74) is 6.32. The first-order chi connectivity index (χ1) is 17.9. The molecule has 3 fully saturated rings. The van der Waals surface area contributed by atoms with Crippen LogP contribution >= 0.6 is 0 Å². The fraction of sp³-hybridized carbons (Fsp3) is 0.560. The van der Waals surface area contributed by atoms with E-state index >= 15 is 0 Å². The molecule has 200 valence electrons. The van der Waals surface area contributed by atoms with E-state index in [1.165, 1.54) is 23.1 Å². The van der Waals surface area contributed by atoms with Crippen LogP contribution in [-0.4, -0.2) is 78.7 Å². The lowest BCUT2D eigenvalue weighted by atomic mass is 10.1. The monoisotopic (exact) mass is 520 g/mol. The Morgan fingerprint density at radius 1 is 1.14 bits per heavy atom. The number of halogens is 2. The Balaban J connectivity index is 1.38. The van der Waals surface area contributed by atoms with Crippen LogP contribution in [0.15, 0.2) is 22.6 Å². The molecule has 12 heteroatoms. The lowest BCUT2D eigenvalue weighted by Gasteiger charge is -2.32. The summed E-state index contributed by atoms with van der Waals surface area (Å²) in [4.78, 5) is 34.3. The van der Waals surface area contributed by atoms with Crippen molar-refractivity contribution in [3.05, 3.63) is 29.7 Å². The maximum absolute atomic E-state index is 13.5. The van der Waals surface area contributed by atoms with Gasteiger partial charge in [0.1, 0.15) is 6.04 Å². The van der Waals surface area contributed by atoms with Gasteiger partial charge in [-0.05, 0) is 49.8 Å². The van der Waals surface area contributed by atoms with Gasteiger partial charge in [0, 0.05) is 25.2 Å². The molecule has 1 saturated carbocycles. The number of ether oxygens (including phenoxy) is 3. The van der Waals surface area contributed by atoms with E-state index < -0.39 is 18.6 Å². The SMILES string of the molecule is NCc1oc(-c2ccc(OC(F)F)c(OCC3CC3)c2)nc1C(=O)N1CCCC1C(=O)N1CCOCC1. The van der Waals surface area contributed by atoms with Crippen LogP contribution in [0.5, 0.6) is 11.5 Å². The molecule has 37 heavy (non-hydrogen) atoms. The maximum Gasteiger partial charge on any atom is 0.387 e. The molecule has 1 unspecified atom stereocenters. The average molecular weight is 521 g/mol. The van der Waals surface area contributed by atoms with Crippen molar-refractivity contribution in [2.45, 2.75) is 44.9 Å². The average Bonchev–Trinajstić information content (AvgIpc) is 3.43. The third kappa shape index (κ3) is 5.69. The van der Waals surface area contributed by atoms with Crippen molar-refractivity contribution < 1.29 is 37.0 Å². The normalized spacial score (nSPS) is 19.9. The highest BCUT2D eigenvalue weighted by Crippen LogP contribution is 2.37. The number of hydrogen-bond acceptors (Lipinski definition) is 8. The van der Waals surface area contributed by atoms with E-state index in [0.29, 0.717) is 63.8 Å². The molecule has 10 nitrogen and oxygen atoms in total. The first-order valence-corrected chi connectivity index (χ1v) is 12.5. The van der Waals surface area contributed by atoms with Crippen molar-refractivity contribution in [1.82, 2.24) is 14.8 Å². The van der Waals surface area contributed by atoms with Crippen molar-refractivity contribution in [3.8, 4) is 23.0 Å². The zero-order valence-corrected chi connectivity index (χ0v) is 20.4. The Morgan fingerprint density at radius 2 is 1.92 bits per heavy atom. The molecule has 3 heterocycles. The van der Waals surface area contributed by atoms with E-state index in [1.807, 2.05) is 0 Å². The van der Waals surface area contributed by atoms with Gasteiger partial charge in [0.25, 0.3) is 5.91 Å². The number of oxazole rings is 1. The van der Waals surface area contributed by atoms with Crippen LogP contribution in [0.3, 0.4) is 0 Å². The molecule has 3 aliphatic rings. The standard InChI is InChI=1S/C25H30F2N4O6/c26-25(27)37-18-6-5-16(12-19(18)35-14-15-3-4-15)22-29-21(20(13-28)36-22)24(33)31-7-1-2-17(31)23(32)30-8-10-34-11-9-30/h5-6,12,15,17,25H,1-4,7-11,13-14,28H2. The molecule has 2 aromatic rings. The second-order valence-corrected chi connectivity index (χ2v) is 9.38. The summed E-state index contributed by atoms with van der Waals surface area (Å²) in [5, 5.41) is 0. The van der Waals surface area contributed by atoms with Gasteiger partial charge in [0.05, 0.1) is 26.4 Å². The van der Waals surface area contributed by atoms with Crippen LogP contribution in [0.1, 0.15) is 41.9 Å². The number of carbonyl (C=O) groups is 2. The molecule has 5 rings (SSSR count). The van der Waals surface area contributed by atoms with Crippen LogP contribution in [0, 0.1) is 5.92 Å². The van der Waals surface area contributed by atoms with E-state index in [1.54, 1.807) is 4.90 Å². The maximum atomic E-state index is 13.5. The molecule has 1 aromatic carbocycles. The number of amides is 2. The number of morpholine rings is 1. The second-order valence-electron chi connectivity index (χ2n) is 9.38. The molecular formula is C25H30F2N4O6. The molecular weight excluding hydrogens is 490 g/mol. The first-order valence-electron chi connectivity index (χ1n) is 12.5. The van der Waals surface area contributed by atoms with Gasteiger partial charge in [0.15, 0.2) is 23.0 Å². The van der Waals surface area contributed by atoms with E-state index in [0.717, 1.165) is 12.8 Å². The molecule has 1 aromatic heterocycles. The Labute approximate surface area is 212 Å². The fourth-order valence-corrected chi connectivity index (χ4v) is 4.62. The van der Waals surface area contributed by atoms with Gasteiger partial charge in [-0.3, -0.25) is 9.59 Å². The van der Waals surface area contributed by atoms with Crippen molar-refractivity contribution in [3.63, 3.8) is 0 Å². The molecule has 2 N–H and O–H groups in total. The predicted octanol–water partition coefficient (Wildman–Crippen LogP) is 2.65. The lowest BCUT2D eigenvalue weighted by Crippen LogP contribution is -2.51. The summed E-state index contributed by atoms with van der Waals surface area (Å²) in [5.74, 6) is 0.188. The number of aromatic nitrogens is 1. The summed E-state index contributed by atoms with van der Waals surface area (Å²) in [6.07, 6.45) is 3.32. The van der Waals surface area contributed by atoms with Gasteiger partial charge < -0.3 is 34.2 Å². The minimum atomic E-state index is -3.00. The van der Waals surface area contributed by atoms with Gasteiger partial charge >= 0.3 is 6.61 Å². The van der Waals surface area contributed by atoms with Crippen LogP contribution in [0.2, 0.25) is 0 Å². The Kier molecular flexibility index (Phi) is 7.56. The zero-order valence-electron chi connectivity index (χ0n) is 20.4. The third-order valence-electron chi connectivity index (χ3n) is 6.78. The van der Waals surface area contributed by atoms with E-state index in [2.05, 4.69) is 9.72 Å². The number of hydrogen-bond donors (Lipinski definition) is 1. The molecule has 2 aliphatic heterocycles. The topological polar surface area (TPSA) is 120 Å². The highest BCUT2D eigenvalue weighted by atomic mass is 19.3. The second kappa shape index (κ2) is 11.0. The first kappa shape index (κ1) is 25.4. The van der Waals surface area contributed by atoms with Crippen LogP contribution < -0.4 is 15.2 Å². The smallest absolute Gasteiger partial charge is 0.387 e. The number of alkyl halides is 2. The van der Waals surface area contributed by atoms with E-state index in [9.17, 15) is 18.4 Å². The van der Waals surface area contributed by atoms with E-state index in [-0.39, 0.29) is 41.3 Å². The molecule has 0 bridgehead atoms. The number of carbonyl (C=O) groups excluding carboxylic acids is 2. The van der Waals surface area contributed by atoms with Gasteiger partial charge in [-0.15, -0.1) is 0 Å². The van der Waals surface area contributed by atoms with Crippen LogP contribution in [-0.2, 0) is 16.1 Å². The third-order valence-corrected chi connectivity index (χ3v) is 6.78. The molecule has 1 atom stereocenters. The molecule has 2 saturated heterocycles. The Bertz CT molecular complexity index is 1130. The predicted molar refractivity (Wildman–Crippen MR) is 126 cm³/mol. The number of nitrogens with two attached hydrogens (primary N) is 1. The number of likely N-dealkylation sites (tertiary alicyclic amines) is 1. The molecule has 0 spiro atoms. The Morgan fingerprint density at radius 3 is 2.62 bits per heavy atom. The fourth-order valence-electron chi connectivity index (χ4n) is 4.62. The number of rotatable bonds is 9. The minimum Gasteiger partial charge on any atom is -0.489 e. The van der Waals surface area contributed by atoms with Crippen LogP contribution in [0.4, 0.5) is 8.78 Å². The Hall–Kier alpha value is -3.25. The van der Waals surface area contributed by atoms with Gasteiger partial charge in [-0.1, -0.05) is 0 Å². The van der Waals surface area contributed by atoms with Crippen molar-refractivity contribution in [2.75, 3.05) is 39.5 Å². The molecule has 0 radical (unpaired) electrons. The summed E-state index contributed by atoms with van der Waals surface area (Å²) >= 11 is 0. The summed E-state index contributed by atoms with van der Waals surface area (Å²) in [7, 11) is 0. The van der Waals surface area contributed by atoms with Crippen LogP contribution in [0.25, 0.3) is 11.5 Å². The molecule has 2 amide bonds. The molecule has 1 aliphatic carbocycles. The minimum absolute atomic E-state index is 0.0348. The zero-order chi connectivity index (χ0) is 25.9. The highest BCUT2D eigenvalue weighted by molar-refractivity contribution is 5.97. The largest absolute Gasteiger partial charge is 0.489 e. The lowest BCUT2D eigenvalue weighted by molar-refractivity contribution is -0.139. The summed E-state index contributed by atoms with van der Waals surface area (Å²) < 4.78 is 47.2. The van der Waals surface area contributed by atoms with Gasteiger partial charge in [-0.25, -0.2) is 4.98 Å². The van der Waals surface area contributed by atoms with Gasteiger partial charge in [0.2, 0.25) is 11.8 Å². The van der Waals surface area contributed by atoms with E-state index in [4.69, 9.17) is 19.6 Å². The quantitative estimate of drug-likeness (QED) is 0.536. The van der Waals surface area contributed by atoms with Crippen molar-refractivity contribution in [1.29, 1.82) is 0 Å². The van der Waals surface area contributed by atoms with Gasteiger partial charge in [-0.2, -0.15) is 8.78 Å². The summed E-state index contributed by atoms with van der Waals surface area (Å²) in [6, 6.07) is 3.78. The summed E-state index contributed by atoms with van der Waals surface area (Å²) in [6.45, 7) is -0.330. The number of nitrogens with zero attached hydrogens (tertiary/aromatic N) is 3. The van der Waals surface area contributed by atoms with Crippen molar-refractivity contribution >= 4 is 11.8 Å². The highest BCUT2D eigenvalue weighted by Gasteiger charge is 2.39. The van der Waals surface area contributed by atoms with Crippen molar-refractivity contribution in [2.24, 2.45) is 11.7 Å².